The van der Waals surface area contributed by atoms with Crippen molar-refractivity contribution < 1.29 is 5.11 Å². The van der Waals surface area contributed by atoms with Gasteiger partial charge in [-0.15, -0.1) is 11.8 Å². The highest BCUT2D eigenvalue weighted by Crippen LogP contribution is 2.22. The van der Waals surface area contributed by atoms with Crippen LogP contribution in [0.3, 0.4) is 0 Å². The normalized spacial score (nSPS) is 10.2. The number of nitrogens with two attached hydrogens (primary N) is 1. The number of phenols is 1. The predicted octanol–water partition coefficient (Wildman–Crippen LogP) is 2.22. The van der Waals surface area contributed by atoms with Crippen LogP contribution in [0.5, 0.6) is 5.75 Å². The third-order valence-electron chi connectivity index (χ3n) is 1.68. The molecule has 0 aliphatic carbocycles. The fraction of sp³-hybridized carbons (Fsp3) is 0.400. The van der Waals surface area contributed by atoms with E-state index in [2.05, 4.69) is 0 Å². The summed E-state index contributed by atoms with van der Waals surface area (Å²) in [6, 6.07) is 7.34. The van der Waals surface area contributed by atoms with E-state index < -0.39 is 0 Å². The van der Waals surface area contributed by atoms with Crippen LogP contribution in [0.15, 0.2) is 29.2 Å². The van der Waals surface area contributed by atoms with Gasteiger partial charge in [-0.1, -0.05) is 6.07 Å². The second-order valence-electron chi connectivity index (χ2n) is 2.84. The first-order chi connectivity index (χ1) is 6.33. The summed E-state index contributed by atoms with van der Waals surface area (Å²) in [5, 5.41) is 9.18. The van der Waals surface area contributed by atoms with Crippen LogP contribution in [0, 0.1) is 0 Å². The Morgan fingerprint density at radius 3 is 2.85 bits per heavy atom. The van der Waals surface area contributed by atoms with Crippen LogP contribution in [0.4, 0.5) is 0 Å². The van der Waals surface area contributed by atoms with Crippen LogP contribution in [-0.4, -0.2) is 17.4 Å². The van der Waals surface area contributed by atoms with Gasteiger partial charge in [-0.05, 0) is 43.3 Å². The van der Waals surface area contributed by atoms with Crippen LogP contribution < -0.4 is 5.73 Å². The number of thioether (sulfide) groups is 1. The molecular formula is C10H15NOS. The molecule has 0 bridgehead atoms. The van der Waals surface area contributed by atoms with Crippen molar-refractivity contribution in [3.63, 3.8) is 0 Å². The molecule has 0 radical (unpaired) electrons. The summed E-state index contributed by atoms with van der Waals surface area (Å²) < 4.78 is 0. The first-order valence-electron chi connectivity index (χ1n) is 4.45. The van der Waals surface area contributed by atoms with Crippen LogP contribution in [0.1, 0.15) is 12.8 Å². The standard InChI is InChI=1S/C10H15NOS/c11-6-1-2-7-13-10-5-3-4-9(12)8-10/h3-5,8,12H,1-2,6-7,11H2. The zero-order valence-corrected chi connectivity index (χ0v) is 8.39. The Hall–Kier alpha value is -0.670. The Morgan fingerprint density at radius 2 is 2.15 bits per heavy atom. The van der Waals surface area contributed by atoms with Gasteiger partial charge in [0, 0.05) is 4.90 Å². The summed E-state index contributed by atoms with van der Waals surface area (Å²) in [6.45, 7) is 0.764. The monoisotopic (exact) mass is 197 g/mol. The van der Waals surface area contributed by atoms with Gasteiger partial charge in [-0.25, -0.2) is 0 Å². The van der Waals surface area contributed by atoms with Gasteiger partial charge in [0.25, 0.3) is 0 Å². The lowest BCUT2D eigenvalue weighted by molar-refractivity contribution is 0.474. The number of phenolic OH excluding ortho intramolecular Hbond substituents is 1. The highest BCUT2D eigenvalue weighted by atomic mass is 32.2. The number of rotatable bonds is 5. The van der Waals surface area contributed by atoms with Crippen LogP contribution in [0.25, 0.3) is 0 Å². The molecule has 3 N–H and O–H groups in total. The quantitative estimate of drug-likeness (QED) is 0.562. The van der Waals surface area contributed by atoms with Crippen LogP contribution >= 0.6 is 11.8 Å². The van der Waals surface area contributed by atoms with Gasteiger partial charge in [-0.2, -0.15) is 0 Å². The largest absolute Gasteiger partial charge is 0.508 e. The smallest absolute Gasteiger partial charge is 0.116 e. The summed E-state index contributed by atoms with van der Waals surface area (Å²) in [4.78, 5) is 1.12. The Kier molecular flexibility index (Phi) is 4.72. The first-order valence-corrected chi connectivity index (χ1v) is 5.43. The van der Waals surface area contributed by atoms with E-state index in [-0.39, 0.29) is 0 Å². The van der Waals surface area contributed by atoms with Crippen molar-refractivity contribution in [2.45, 2.75) is 17.7 Å². The van der Waals surface area contributed by atoms with E-state index in [4.69, 9.17) is 5.73 Å². The Labute approximate surface area is 83.1 Å². The minimum atomic E-state index is 0.337. The average Bonchev–Trinajstić information content (AvgIpc) is 2.13. The minimum absolute atomic E-state index is 0.337. The number of benzene rings is 1. The van der Waals surface area contributed by atoms with Gasteiger partial charge in [-0.3, -0.25) is 0 Å². The van der Waals surface area contributed by atoms with Crippen LogP contribution in [0.2, 0.25) is 0 Å². The fourth-order valence-corrected chi connectivity index (χ4v) is 1.97. The van der Waals surface area contributed by atoms with E-state index in [1.807, 2.05) is 12.1 Å². The maximum Gasteiger partial charge on any atom is 0.116 e. The lowest BCUT2D eigenvalue weighted by Crippen LogP contribution is -1.98. The highest BCUT2D eigenvalue weighted by molar-refractivity contribution is 7.99. The molecule has 0 spiro atoms. The lowest BCUT2D eigenvalue weighted by Gasteiger charge is -2.00. The molecule has 1 rings (SSSR count). The summed E-state index contributed by atoms with van der Waals surface area (Å²) in [5.74, 6) is 1.41. The zero-order valence-electron chi connectivity index (χ0n) is 7.57. The van der Waals surface area contributed by atoms with Gasteiger partial charge < -0.3 is 10.8 Å². The Bertz CT molecular complexity index is 252. The molecule has 13 heavy (non-hydrogen) atoms. The SMILES string of the molecule is NCCCCSc1cccc(O)c1. The molecule has 0 amide bonds. The molecule has 1 aromatic carbocycles. The van der Waals surface area contributed by atoms with Gasteiger partial charge in [0.1, 0.15) is 5.75 Å². The Morgan fingerprint density at radius 1 is 1.31 bits per heavy atom. The van der Waals surface area contributed by atoms with Crippen molar-refractivity contribution in [1.82, 2.24) is 0 Å². The summed E-state index contributed by atoms with van der Waals surface area (Å²) >= 11 is 1.76. The van der Waals surface area contributed by atoms with E-state index in [0.29, 0.717) is 5.75 Å². The topological polar surface area (TPSA) is 46.2 Å². The molecule has 1 aromatic rings. The van der Waals surface area contributed by atoms with Crippen molar-refractivity contribution in [1.29, 1.82) is 0 Å². The number of aromatic hydroxyl groups is 1. The van der Waals surface area contributed by atoms with Crippen molar-refractivity contribution in [3.8, 4) is 5.75 Å². The Balaban J connectivity index is 2.28. The second kappa shape index (κ2) is 5.89. The maximum atomic E-state index is 9.18. The van der Waals surface area contributed by atoms with Gasteiger partial charge in [0.2, 0.25) is 0 Å². The lowest BCUT2D eigenvalue weighted by atomic mass is 10.3. The van der Waals surface area contributed by atoms with E-state index >= 15 is 0 Å². The number of hydrogen-bond acceptors (Lipinski definition) is 3. The second-order valence-corrected chi connectivity index (χ2v) is 4.01. The van der Waals surface area contributed by atoms with E-state index in [1.165, 1.54) is 0 Å². The highest BCUT2D eigenvalue weighted by Gasteiger charge is 1.94. The molecule has 0 aliphatic heterocycles. The molecule has 0 heterocycles. The number of unbranched alkanes of at least 4 members (excludes halogenated alkanes) is 1. The number of hydrogen-bond donors (Lipinski definition) is 2. The van der Waals surface area contributed by atoms with Crippen molar-refractivity contribution in [2.24, 2.45) is 5.73 Å². The van der Waals surface area contributed by atoms with Crippen molar-refractivity contribution in [3.05, 3.63) is 24.3 Å². The fourth-order valence-electron chi connectivity index (χ4n) is 1.01. The van der Waals surface area contributed by atoms with E-state index in [0.717, 1.165) is 30.0 Å². The molecule has 0 saturated heterocycles. The molecule has 0 aliphatic rings. The molecule has 0 aromatic heterocycles. The van der Waals surface area contributed by atoms with Gasteiger partial charge in [0.15, 0.2) is 0 Å². The third kappa shape index (κ3) is 4.20. The summed E-state index contributed by atoms with van der Waals surface area (Å²) in [5.41, 5.74) is 5.38. The molecular weight excluding hydrogens is 182 g/mol. The zero-order chi connectivity index (χ0) is 9.52. The van der Waals surface area contributed by atoms with E-state index in [1.54, 1.807) is 23.9 Å². The molecule has 72 valence electrons. The van der Waals surface area contributed by atoms with Crippen LogP contribution in [-0.2, 0) is 0 Å². The molecule has 0 saturated carbocycles. The predicted molar refractivity (Wildman–Crippen MR) is 57.1 cm³/mol. The minimum Gasteiger partial charge on any atom is -0.508 e. The summed E-state index contributed by atoms with van der Waals surface area (Å²) in [6.07, 6.45) is 2.21. The van der Waals surface area contributed by atoms with Crippen molar-refractivity contribution in [2.75, 3.05) is 12.3 Å². The third-order valence-corrected chi connectivity index (χ3v) is 2.76. The van der Waals surface area contributed by atoms with Crippen molar-refractivity contribution >= 4 is 11.8 Å². The molecule has 0 atom stereocenters. The maximum absolute atomic E-state index is 9.18. The molecule has 0 fully saturated rings. The molecule has 2 nitrogen and oxygen atoms in total. The van der Waals surface area contributed by atoms with E-state index in [9.17, 15) is 5.11 Å². The van der Waals surface area contributed by atoms with Gasteiger partial charge in [0.05, 0.1) is 0 Å². The van der Waals surface area contributed by atoms with Gasteiger partial charge >= 0.3 is 0 Å². The summed E-state index contributed by atoms with van der Waals surface area (Å²) in [7, 11) is 0. The first kappa shape index (κ1) is 10.4. The average molecular weight is 197 g/mol. The molecule has 0 unspecified atom stereocenters. The molecule has 3 heteroatoms.